The number of fused-ring (bicyclic) bond motifs is 13. The molecule has 1 heterocycles. The third kappa shape index (κ3) is 2.67. The maximum absolute atomic E-state index is 5.22. The summed E-state index contributed by atoms with van der Waals surface area (Å²) in [6.45, 7) is 2.14. The fourth-order valence-electron chi connectivity index (χ4n) is 7.99. The first-order chi connectivity index (χ1) is 19.8. The molecule has 1 unspecified atom stereocenters. The smallest absolute Gasteiger partial charge is 0.0806 e. The van der Waals surface area contributed by atoms with E-state index in [2.05, 4.69) is 110 Å². The Kier molecular flexibility index (Phi) is 4.40. The van der Waals surface area contributed by atoms with E-state index in [1.807, 2.05) is 6.07 Å². The van der Waals surface area contributed by atoms with Crippen LogP contribution in [0.2, 0.25) is 0 Å². The lowest BCUT2D eigenvalue weighted by Crippen LogP contribution is -2.28. The second kappa shape index (κ2) is 7.93. The van der Waals surface area contributed by atoms with E-state index in [1.165, 1.54) is 55.3 Å². The van der Waals surface area contributed by atoms with Crippen LogP contribution in [-0.2, 0) is 5.41 Å². The Bertz CT molecular complexity index is 2050. The van der Waals surface area contributed by atoms with Gasteiger partial charge in [-0.1, -0.05) is 103 Å². The minimum Gasteiger partial charge on any atom is -0.246 e. The summed E-state index contributed by atoms with van der Waals surface area (Å²) >= 11 is 0. The van der Waals surface area contributed by atoms with Gasteiger partial charge in [-0.25, -0.2) is 4.98 Å². The quantitative estimate of drug-likeness (QED) is 0.219. The summed E-state index contributed by atoms with van der Waals surface area (Å²) in [5.41, 5.74) is 15.8. The zero-order chi connectivity index (χ0) is 26.4. The highest BCUT2D eigenvalue weighted by Gasteiger charge is 2.54. The lowest BCUT2D eigenvalue weighted by molar-refractivity contribution is 0.708. The summed E-state index contributed by atoms with van der Waals surface area (Å²) in [4.78, 5) is 5.22. The molecule has 188 valence electrons. The molecule has 4 aromatic carbocycles. The zero-order valence-electron chi connectivity index (χ0n) is 22.5. The highest BCUT2D eigenvalue weighted by atomic mass is 14.7. The molecular formula is C39H27N. The number of hydrogen-bond acceptors (Lipinski definition) is 1. The molecule has 0 fully saturated rings. The Morgan fingerprint density at radius 3 is 2.58 bits per heavy atom. The second-order valence-corrected chi connectivity index (χ2v) is 11.6. The SMILES string of the molecule is Cc1ccc(-c2nc3cc#ccc3c3c4c(ccc23)C2(C3=CCCC=C34)C3=C(C=CCC3)c3ccccc32)cc1. The van der Waals surface area contributed by atoms with Crippen molar-refractivity contribution in [2.75, 3.05) is 0 Å². The van der Waals surface area contributed by atoms with Crippen molar-refractivity contribution in [2.45, 2.75) is 38.0 Å². The van der Waals surface area contributed by atoms with Crippen molar-refractivity contribution in [1.82, 2.24) is 4.98 Å². The topological polar surface area (TPSA) is 12.9 Å². The number of benzene rings is 3. The fourth-order valence-corrected chi connectivity index (χ4v) is 7.99. The van der Waals surface area contributed by atoms with Crippen LogP contribution in [0.4, 0.5) is 0 Å². The maximum Gasteiger partial charge on any atom is 0.0806 e. The van der Waals surface area contributed by atoms with Gasteiger partial charge >= 0.3 is 0 Å². The van der Waals surface area contributed by atoms with E-state index < -0.39 is 0 Å². The zero-order valence-corrected chi connectivity index (χ0v) is 22.5. The first-order valence-corrected chi connectivity index (χ1v) is 14.4. The summed E-state index contributed by atoms with van der Waals surface area (Å²) in [7, 11) is 0. The van der Waals surface area contributed by atoms with Crippen molar-refractivity contribution >= 4 is 32.8 Å². The van der Waals surface area contributed by atoms with E-state index in [9.17, 15) is 0 Å². The van der Waals surface area contributed by atoms with Crippen molar-refractivity contribution in [3.63, 3.8) is 0 Å². The van der Waals surface area contributed by atoms with Crippen LogP contribution < -0.4 is 0 Å². The summed E-state index contributed by atoms with van der Waals surface area (Å²) in [5.74, 6) is 0. The van der Waals surface area contributed by atoms with Gasteiger partial charge < -0.3 is 0 Å². The van der Waals surface area contributed by atoms with Gasteiger partial charge in [-0.3, -0.25) is 0 Å². The number of hydrogen-bond donors (Lipinski definition) is 0. The number of allylic oxidation sites excluding steroid dienone is 8. The van der Waals surface area contributed by atoms with Gasteiger partial charge in [0.1, 0.15) is 0 Å². The fraction of sp³-hybridized carbons (Fsp3) is 0.154. The van der Waals surface area contributed by atoms with Gasteiger partial charge in [-0.2, -0.15) is 0 Å². The third-order valence-corrected chi connectivity index (χ3v) is 9.55. The van der Waals surface area contributed by atoms with Gasteiger partial charge in [0.2, 0.25) is 0 Å². The van der Waals surface area contributed by atoms with Gasteiger partial charge in [0.15, 0.2) is 0 Å². The summed E-state index contributed by atoms with van der Waals surface area (Å²) in [6.07, 6.45) is 14.2. The number of rotatable bonds is 1. The van der Waals surface area contributed by atoms with Crippen LogP contribution in [0.15, 0.2) is 108 Å². The highest BCUT2D eigenvalue weighted by Crippen LogP contribution is 2.66. The highest BCUT2D eigenvalue weighted by molar-refractivity contribution is 6.19. The molecule has 0 saturated carbocycles. The van der Waals surface area contributed by atoms with Gasteiger partial charge in [-0.05, 0) is 83.2 Å². The molecule has 1 atom stereocenters. The summed E-state index contributed by atoms with van der Waals surface area (Å²) in [6, 6.07) is 33.3. The Balaban J connectivity index is 1.47. The van der Waals surface area contributed by atoms with Crippen LogP contribution in [0.25, 0.3) is 44.1 Å². The predicted molar refractivity (Wildman–Crippen MR) is 165 cm³/mol. The van der Waals surface area contributed by atoms with Crippen molar-refractivity contribution in [2.24, 2.45) is 0 Å². The molecule has 5 aromatic rings. The molecule has 0 N–H and O–H groups in total. The molecule has 40 heavy (non-hydrogen) atoms. The number of aromatic nitrogens is 1. The molecule has 0 bridgehead atoms. The Hall–Kier alpha value is -4.67. The van der Waals surface area contributed by atoms with Crippen molar-refractivity contribution in [1.29, 1.82) is 0 Å². The molecule has 4 aliphatic rings. The Morgan fingerprint density at radius 2 is 1.65 bits per heavy atom. The molecule has 0 aliphatic heterocycles. The van der Waals surface area contributed by atoms with Crippen molar-refractivity contribution in [3.8, 4) is 11.3 Å². The molecule has 0 amide bonds. The second-order valence-electron chi connectivity index (χ2n) is 11.6. The van der Waals surface area contributed by atoms with E-state index in [0.29, 0.717) is 0 Å². The van der Waals surface area contributed by atoms with Crippen LogP contribution in [0.1, 0.15) is 53.5 Å². The minimum absolute atomic E-state index is 0.225. The van der Waals surface area contributed by atoms with Crippen molar-refractivity contribution < 1.29 is 0 Å². The van der Waals surface area contributed by atoms with Gasteiger partial charge in [0, 0.05) is 27.8 Å². The van der Waals surface area contributed by atoms with E-state index in [-0.39, 0.29) is 5.41 Å². The van der Waals surface area contributed by atoms with Gasteiger partial charge in [0.05, 0.1) is 16.6 Å². The Labute approximate surface area is 234 Å². The van der Waals surface area contributed by atoms with Crippen molar-refractivity contribution in [3.05, 3.63) is 148 Å². The van der Waals surface area contributed by atoms with Crippen LogP contribution >= 0.6 is 0 Å². The molecule has 1 nitrogen and oxygen atoms in total. The standard InChI is InChI=1S/C39H27N/c1-24-18-20-25(21-19-24)38-30-22-23-34-37(36(30)29-13-5-9-17-35(29)40-38)28-12-4-8-16-33(28)39(34)31-14-6-2-10-26(31)27-11-3-7-15-32(27)39/h2-3,6,10-14,16-23H,4,7-8,15H2,1H3. The average molecular weight is 510 g/mol. The van der Waals surface area contributed by atoms with Crippen LogP contribution in [-0.4, -0.2) is 4.98 Å². The van der Waals surface area contributed by atoms with E-state index in [0.717, 1.165) is 47.8 Å². The number of nitrogens with zero attached hydrogens (tertiary/aromatic N) is 1. The third-order valence-electron chi connectivity index (χ3n) is 9.55. The molecule has 1 heteroatoms. The summed E-state index contributed by atoms with van der Waals surface area (Å²) in [5, 5.41) is 3.67. The number of aryl methyl sites for hydroxylation is 1. The van der Waals surface area contributed by atoms with Crippen LogP contribution in [0, 0.1) is 19.1 Å². The molecule has 0 saturated heterocycles. The van der Waals surface area contributed by atoms with E-state index >= 15 is 0 Å². The molecule has 4 aliphatic carbocycles. The largest absolute Gasteiger partial charge is 0.246 e. The molecule has 9 rings (SSSR count). The lowest BCUT2D eigenvalue weighted by Gasteiger charge is -2.34. The van der Waals surface area contributed by atoms with E-state index in [1.54, 1.807) is 5.57 Å². The van der Waals surface area contributed by atoms with E-state index in [4.69, 9.17) is 4.98 Å². The first kappa shape index (κ1) is 22.2. The number of pyridine rings is 1. The monoisotopic (exact) mass is 509 g/mol. The predicted octanol–water partition coefficient (Wildman–Crippen LogP) is 9.48. The normalized spacial score (nSPS) is 20.2. The lowest BCUT2D eigenvalue weighted by atomic mass is 9.67. The van der Waals surface area contributed by atoms with Crippen LogP contribution in [0.5, 0.6) is 0 Å². The van der Waals surface area contributed by atoms with Crippen LogP contribution in [0.3, 0.4) is 0 Å². The Morgan fingerprint density at radius 1 is 0.800 bits per heavy atom. The first-order valence-electron chi connectivity index (χ1n) is 14.4. The molecule has 1 spiro atoms. The maximum atomic E-state index is 5.22. The summed E-state index contributed by atoms with van der Waals surface area (Å²) < 4.78 is 0. The van der Waals surface area contributed by atoms with Gasteiger partial charge in [0.25, 0.3) is 0 Å². The minimum atomic E-state index is -0.225. The molecule has 0 radical (unpaired) electrons. The molecule has 1 aromatic heterocycles. The average Bonchev–Trinajstić information content (AvgIpc) is 3.48. The molecular weight excluding hydrogens is 482 g/mol. The van der Waals surface area contributed by atoms with Gasteiger partial charge in [-0.15, -0.1) is 0 Å².